The Morgan fingerprint density at radius 3 is 1.03 bits per heavy atom. The molecule has 278 valence electrons. The molecule has 0 amide bonds. The molecule has 0 saturated heterocycles. The lowest BCUT2D eigenvalue weighted by Crippen LogP contribution is -2.09. The second kappa shape index (κ2) is 16.0. The van der Waals surface area contributed by atoms with Crippen LogP contribution in [0.1, 0.15) is 0 Å². The van der Waals surface area contributed by atoms with E-state index in [9.17, 15) is 0 Å². The molecule has 0 atom stereocenters. The fourth-order valence-electron chi connectivity index (χ4n) is 8.33. The Bertz CT molecular complexity index is 2890. The average molecular weight is 752 g/mol. The van der Waals surface area contributed by atoms with Gasteiger partial charge >= 0.3 is 0 Å². The molecule has 0 aliphatic rings. The number of nitrogens with zero attached hydrogens (tertiary/aromatic N) is 1. The van der Waals surface area contributed by atoms with Crippen LogP contribution in [-0.4, -0.2) is 0 Å². The van der Waals surface area contributed by atoms with Crippen molar-refractivity contribution in [3.63, 3.8) is 0 Å². The molecule has 59 heavy (non-hydrogen) atoms. The van der Waals surface area contributed by atoms with Crippen molar-refractivity contribution in [1.82, 2.24) is 0 Å². The Hall–Kier alpha value is -7.74. The summed E-state index contributed by atoms with van der Waals surface area (Å²) in [7, 11) is 0. The van der Waals surface area contributed by atoms with Gasteiger partial charge in [-0.2, -0.15) is 0 Å². The molecule has 0 N–H and O–H groups in total. The minimum Gasteiger partial charge on any atom is -0.311 e. The van der Waals surface area contributed by atoms with Crippen molar-refractivity contribution in [2.24, 2.45) is 0 Å². The predicted molar refractivity (Wildman–Crippen MR) is 251 cm³/mol. The largest absolute Gasteiger partial charge is 0.311 e. The van der Waals surface area contributed by atoms with E-state index >= 15 is 0 Å². The van der Waals surface area contributed by atoms with Crippen LogP contribution in [0, 0.1) is 0 Å². The van der Waals surface area contributed by atoms with E-state index in [4.69, 9.17) is 0 Å². The Kier molecular flexibility index (Phi) is 9.68. The van der Waals surface area contributed by atoms with Gasteiger partial charge in [-0.05, 0) is 114 Å². The van der Waals surface area contributed by atoms with E-state index in [-0.39, 0.29) is 0 Å². The summed E-state index contributed by atoms with van der Waals surface area (Å²) in [5, 5.41) is 2.49. The molecule has 0 radical (unpaired) electrons. The van der Waals surface area contributed by atoms with Crippen LogP contribution in [0.15, 0.2) is 249 Å². The van der Waals surface area contributed by atoms with Gasteiger partial charge in [0.2, 0.25) is 0 Å². The van der Waals surface area contributed by atoms with E-state index in [1.807, 2.05) is 0 Å². The molecule has 10 rings (SSSR count). The monoisotopic (exact) mass is 751 g/mol. The van der Waals surface area contributed by atoms with Crippen LogP contribution in [-0.2, 0) is 0 Å². The van der Waals surface area contributed by atoms with Crippen LogP contribution < -0.4 is 4.90 Å². The van der Waals surface area contributed by atoms with E-state index < -0.39 is 0 Å². The van der Waals surface area contributed by atoms with Gasteiger partial charge in [-0.25, -0.2) is 0 Å². The lowest BCUT2D eigenvalue weighted by molar-refractivity contribution is 1.28. The number of benzene rings is 10. The molecule has 0 aromatic heterocycles. The third kappa shape index (κ3) is 7.23. The van der Waals surface area contributed by atoms with Gasteiger partial charge in [0.15, 0.2) is 0 Å². The lowest BCUT2D eigenvalue weighted by atomic mass is 9.86. The smallest absolute Gasteiger partial charge is 0.0462 e. The third-order valence-electron chi connectivity index (χ3n) is 11.3. The zero-order chi connectivity index (χ0) is 39.4. The summed E-state index contributed by atoms with van der Waals surface area (Å²) in [5.74, 6) is 0. The van der Waals surface area contributed by atoms with E-state index in [0.717, 1.165) is 17.1 Å². The zero-order valence-electron chi connectivity index (χ0n) is 32.6. The second-order valence-electron chi connectivity index (χ2n) is 14.9. The molecule has 0 heterocycles. The molecule has 0 unspecified atom stereocenters. The zero-order valence-corrected chi connectivity index (χ0v) is 32.6. The van der Waals surface area contributed by atoms with E-state index in [0.29, 0.717) is 0 Å². The average Bonchev–Trinajstić information content (AvgIpc) is 3.33. The van der Waals surface area contributed by atoms with Crippen LogP contribution in [0.5, 0.6) is 0 Å². The summed E-state index contributed by atoms with van der Waals surface area (Å²) in [6.07, 6.45) is 0. The molecule has 0 aliphatic carbocycles. The van der Waals surface area contributed by atoms with E-state index in [1.165, 1.54) is 77.5 Å². The van der Waals surface area contributed by atoms with Gasteiger partial charge in [-0.15, -0.1) is 0 Å². The summed E-state index contributed by atoms with van der Waals surface area (Å²) in [6.45, 7) is 0. The molecular formula is C58H41N. The highest BCUT2D eigenvalue weighted by Gasteiger charge is 2.17. The number of hydrogen-bond donors (Lipinski definition) is 0. The SMILES string of the molecule is c1ccc(-c2ccc(N(c3ccc(-c4ccccc4)cc3)c3ccc(-c4ccc(-c5ccc6ccccc6c5-c5ccccc5-c5ccccc5)cc4)cc3)cc2)cc1. The van der Waals surface area contributed by atoms with Gasteiger partial charge in [0.1, 0.15) is 0 Å². The molecule has 10 aromatic carbocycles. The number of anilines is 3. The van der Waals surface area contributed by atoms with Crippen LogP contribution in [0.25, 0.3) is 77.5 Å². The summed E-state index contributed by atoms with van der Waals surface area (Å²) in [6, 6.07) is 89.7. The van der Waals surface area contributed by atoms with Crippen molar-refractivity contribution in [3.05, 3.63) is 249 Å². The van der Waals surface area contributed by atoms with Crippen molar-refractivity contribution < 1.29 is 0 Å². The van der Waals surface area contributed by atoms with Crippen LogP contribution in [0.4, 0.5) is 17.1 Å². The van der Waals surface area contributed by atoms with Crippen molar-refractivity contribution in [2.45, 2.75) is 0 Å². The van der Waals surface area contributed by atoms with Crippen LogP contribution in [0.2, 0.25) is 0 Å². The predicted octanol–water partition coefficient (Wildman–Crippen LogP) is 16.3. The fraction of sp³-hybridized carbons (Fsp3) is 0. The maximum absolute atomic E-state index is 2.34. The van der Waals surface area contributed by atoms with Gasteiger partial charge < -0.3 is 4.90 Å². The van der Waals surface area contributed by atoms with Crippen LogP contribution in [0.3, 0.4) is 0 Å². The molecule has 0 spiro atoms. The maximum Gasteiger partial charge on any atom is 0.0462 e. The van der Waals surface area contributed by atoms with Gasteiger partial charge in [-0.1, -0.05) is 212 Å². The van der Waals surface area contributed by atoms with Crippen LogP contribution >= 0.6 is 0 Å². The summed E-state index contributed by atoms with van der Waals surface area (Å²) in [4.78, 5) is 2.34. The second-order valence-corrected chi connectivity index (χ2v) is 14.9. The normalized spacial score (nSPS) is 11.1. The van der Waals surface area contributed by atoms with Gasteiger partial charge in [0, 0.05) is 17.1 Å². The van der Waals surface area contributed by atoms with Gasteiger partial charge in [-0.3, -0.25) is 0 Å². The van der Waals surface area contributed by atoms with Crippen molar-refractivity contribution >= 4 is 27.8 Å². The third-order valence-corrected chi connectivity index (χ3v) is 11.3. The topological polar surface area (TPSA) is 3.24 Å². The van der Waals surface area contributed by atoms with Gasteiger partial charge in [0.25, 0.3) is 0 Å². The highest BCUT2D eigenvalue weighted by molar-refractivity contribution is 6.07. The number of hydrogen-bond acceptors (Lipinski definition) is 1. The molecule has 0 fully saturated rings. The molecule has 1 heteroatoms. The van der Waals surface area contributed by atoms with Crippen molar-refractivity contribution in [2.75, 3.05) is 4.90 Å². The Morgan fingerprint density at radius 2 is 0.542 bits per heavy atom. The molecule has 0 saturated carbocycles. The first-order valence-electron chi connectivity index (χ1n) is 20.3. The van der Waals surface area contributed by atoms with Gasteiger partial charge in [0.05, 0.1) is 0 Å². The molecule has 1 nitrogen and oxygen atoms in total. The number of rotatable bonds is 9. The standard InChI is InChI=1S/C58H41N/c1-4-14-42(15-5-1)45-28-35-51(36-29-45)59(52-37-30-46(31-38-52)43-16-6-2-7-17-43)53-39-32-47(33-40-53)44-24-26-50(27-25-44)56-41-34-49-20-10-11-22-55(49)58(56)57-23-13-12-21-54(57)48-18-8-3-9-19-48/h1-41H. The Labute approximate surface area is 346 Å². The highest BCUT2D eigenvalue weighted by atomic mass is 15.1. The molecule has 0 bridgehead atoms. The lowest BCUT2D eigenvalue weighted by Gasteiger charge is -2.26. The summed E-state index contributed by atoms with van der Waals surface area (Å²) in [5.41, 5.74) is 17.8. The molecule has 0 aliphatic heterocycles. The first-order valence-corrected chi connectivity index (χ1v) is 20.3. The fourth-order valence-corrected chi connectivity index (χ4v) is 8.33. The first kappa shape index (κ1) is 35.7. The summed E-state index contributed by atoms with van der Waals surface area (Å²) < 4.78 is 0. The first-order chi connectivity index (χ1) is 29.3. The quantitative estimate of drug-likeness (QED) is 0.142. The molecule has 10 aromatic rings. The minimum atomic E-state index is 1.10. The Balaban J connectivity index is 0.994. The Morgan fingerprint density at radius 1 is 0.203 bits per heavy atom. The maximum atomic E-state index is 2.34. The van der Waals surface area contributed by atoms with E-state index in [1.54, 1.807) is 0 Å². The molecular weight excluding hydrogens is 711 g/mol. The highest BCUT2D eigenvalue weighted by Crippen LogP contribution is 2.43. The van der Waals surface area contributed by atoms with Crippen molar-refractivity contribution in [3.8, 4) is 66.8 Å². The summed E-state index contributed by atoms with van der Waals surface area (Å²) >= 11 is 0. The van der Waals surface area contributed by atoms with E-state index in [2.05, 4.69) is 254 Å². The number of fused-ring (bicyclic) bond motifs is 1. The minimum absolute atomic E-state index is 1.10. The van der Waals surface area contributed by atoms with Crippen molar-refractivity contribution in [1.29, 1.82) is 0 Å².